The first-order valence-corrected chi connectivity index (χ1v) is 17.5. The van der Waals surface area contributed by atoms with E-state index in [1.54, 1.807) is 17.4 Å². The maximum absolute atomic E-state index is 4.82. The van der Waals surface area contributed by atoms with Crippen molar-refractivity contribution in [3.63, 3.8) is 0 Å². The van der Waals surface area contributed by atoms with Gasteiger partial charge < -0.3 is 4.98 Å². The van der Waals surface area contributed by atoms with Crippen molar-refractivity contribution >= 4 is 88.8 Å². The van der Waals surface area contributed by atoms with Crippen LogP contribution >= 0.6 is 22.7 Å². The summed E-state index contributed by atoms with van der Waals surface area (Å²) in [6.07, 6.45) is 7.29. The van der Waals surface area contributed by atoms with Crippen molar-refractivity contribution in [2.45, 2.75) is 54.4 Å². The monoisotopic (exact) mass is 650 g/mol. The summed E-state index contributed by atoms with van der Waals surface area (Å²) in [5.41, 5.74) is 13.2. The molecule has 0 saturated heterocycles. The molecule has 0 radical (unpaired) electrons. The lowest BCUT2D eigenvalue weighted by molar-refractivity contribution is 0.942. The van der Waals surface area contributed by atoms with Crippen LogP contribution in [-0.4, -0.2) is 22.4 Å². The highest BCUT2D eigenvalue weighted by molar-refractivity contribution is 7.19. The van der Waals surface area contributed by atoms with Gasteiger partial charge in [-0.2, -0.15) is 0 Å². The zero-order chi connectivity index (χ0) is 31.4. The SMILES string of the molecule is C.CC=Nc1ccc2[nH]c(-c3ccc(N=Cc4ccc5c(C6=C(c7c(C)sc8cc(C)ccc78)CCC6)c(C)sc5c4)cc3)nc2c1. The van der Waals surface area contributed by atoms with Gasteiger partial charge in [0.1, 0.15) is 5.82 Å². The van der Waals surface area contributed by atoms with Crippen LogP contribution in [0.5, 0.6) is 0 Å². The van der Waals surface area contributed by atoms with Crippen molar-refractivity contribution in [2.75, 3.05) is 0 Å². The second-order valence-corrected chi connectivity index (χ2v) is 14.6. The van der Waals surface area contributed by atoms with E-state index in [9.17, 15) is 0 Å². The molecule has 4 nitrogen and oxygen atoms in total. The van der Waals surface area contributed by atoms with E-state index in [-0.39, 0.29) is 7.43 Å². The van der Waals surface area contributed by atoms with Gasteiger partial charge in [0.05, 0.1) is 22.4 Å². The van der Waals surface area contributed by atoms with E-state index >= 15 is 0 Å². The molecular weight excluding hydrogens is 613 g/mol. The largest absolute Gasteiger partial charge is 0.338 e. The number of benzene rings is 4. The Bertz CT molecular complexity index is 2380. The molecule has 3 heterocycles. The number of nitrogens with one attached hydrogen (secondary N) is 1. The Morgan fingerprint density at radius 2 is 1.38 bits per heavy atom. The third kappa shape index (κ3) is 5.66. The molecule has 7 aromatic rings. The van der Waals surface area contributed by atoms with E-state index in [4.69, 9.17) is 9.98 Å². The number of fused-ring (bicyclic) bond motifs is 3. The number of hydrogen-bond donors (Lipinski definition) is 1. The summed E-state index contributed by atoms with van der Waals surface area (Å²) in [6.45, 7) is 8.70. The molecule has 0 atom stereocenters. The zero-order valence-corrected chi connectivity index (χ0v) is 28.1. The molecule has 8 rings (SSSR count). The molecule has 234 valence electrons. The smallest absolute Gasteiger partial charge is 0.138 e. The van der Waals surface area contributed by atoms with E-state index in [1.807, 2.05) is 66.1 Å². The minimum atomic E-state index is 0. The van der Waals surface area contributed by atoms with Gasteiger partial charge >= 0.3 is 0 Å². The topological polar surface area (TPSA) is 53.4 Å². The normalized spacial score (nSPS) is 13.7. The maximum Gasteiger partial charge on any atom is 0.138 e. The molecular formula is C41H38N4S2. The van der Waals surface area contributed by atoms with Gasteiger partial charge in [0.2, 0.25) is 0 Å². The third-order valence-electron chi connectivity index (χ3n) is 8.98. The average Bonchev–Trinajstić information content (AvgIpc) is 3.83. The highest BCUT2D eigenvalue weighted by Crippen LogP contribution is 2.49. The van der Waals surface area contributed by atoms with Gasteiger partial charge in [-0.05, 0) is 135 Å². The highest BCUT2D eigenvalue weighted by Gasteiger charge is 2.25. The summed E-state index contributed by atoms with van der Waals surface area (Å²) in [5, 5.41) is 2.78. The molecule has 4 aromatic carbocycles. The fourth-order valence-corrected chi connectivity index (χ4v) is 9.23. The summed E-state index contributed by atoms with van der Waals surface area (Å²) >= 11 is 3.84. The van der Waals surface area contributed by atoms with Crippen LogP contribution in [0.2, 0.25) is 0 Å². The van der Waals surface area contributed by atoms with Gasteiger partial charge in [-0.25, -0.2) is 4.98 Å². The number of rotatable bonds is 6. The van der Waals surface area contributed by atoms with E-state index in [1.165, 1.54) is 53.0 Å². The zero-order valence-electron chi connectivity index (χ0n) is 26.4. The number of hydrogen-bond acceptors (Lipinski definition) is 5. The van der Waals surface area contributed by atoms with E-state index in [2.05, 4.69) is 79.3 Å². The first-order chi connectivity index (χ1) is 22.4. The number of aromatic amines is 1. The summed E-state index contributed by atoms with van der Waals surface area (Å²) in [5.74, 6) is 0.843. The summed E-state index contributed by atoms with van der Waals surface area (Å²) < 4.78 is 2.73. The Morgan fingerprint density at radius 1 is 0.723 bits per heavy atom. The number of allylic oxidation sites excluding steroid dienone is 2. The molecule has 0 spiro atoms. The van der Waals surface area contributed by atoms with Gasteiger partial charge in [0, 0.05) is 47.9 Å². The van der Waals surface area contributed by atoms with Crippen LogP contribution in [-0.2, 0) is 0 Å². The minimum absolute atomic E-state index is 0. The van der Waals surface area contributed by atoms with E-state index in [0.717, 1.165) is 52.2 Å². The van der Waals surface area contributed by atoms with Crippen LogP contribution in [0.15, 0.2) is 88.8 Å². The van der Waals surface area contributed by atoms with Crippen LogP contribution < -0.4 is 0 Å². The second kappa shape index (κ2) is 12.5. The number of imidazole rings is 1. The van der Waals surface area contributed by atoms with Gasteiger partial charge in [-0.3, -0.25) is 9.98 Å². The lowest BCUT2D eigenvalue weighted by Gasteiger charge is -2.10. The Kier molecular flexibility index (Phi) is 8.25. The Hall–Kier alpha value is -4.65. The summed E-state index contributed by atoms with van der Waals surface area (Å²) in [4.78, 5) is 20.2. The summed E-state index contributed by atoms with van der Waals surface area (Å²) in [6, 6.07) is 28.0. The fourth-order valence-electron chi connectivity index (χ4n) is 6.90. The van der Waals surface area contributed by atoms with Crippen molar-refractivity contribution < 1.29 is 0 Å². The highest BCUT2D eigenvalue weighted by atomic mass is 32.1. The molecule has 0 bridgehead atoms. The van der Waals surface area contributed by atoms with E-state index in [0.29, 0.717) is 0 Å². The van der Waals surface area contributed by atoms with Crippen LogP contribution in [0.3, 0.4) is 0 Å². The molecule has 6 heteroatoms. The predicted molar refractivity (Wildman–Crippen MR) is 208 cm³/mol. The van der Waals surface area contributed by atoms with Crippen molar-refractivity contribution in [1.82, 2.24) is 9.97 Å². The molecule has 1 N–H and O–H groups in total. The fraction of sp³-hybridized carbons (Fsp3) is 0.195. The molecule has 1 aliphatic carbocycles. The van der Waals surface area contributed by atoms with Crippen LogP contribution in [0.4, 0.5) is 11.4 Å². The number of aromatic nitrogens is 2. The molecule has 0 saturated carbocycles. The van der Waals surface area contributed by atoms with Crippen molar-refractivity contribution in [2.24, 2.45) is 9.98 Å². The van der Waals surface area contributed by atoms with Crippen LogP contribution in [0, 0.1) is 20.8 Å². The first-order valence-electron chi connectivity index (χ1n) is 15.8. The lowest BCUT2D eigenvalue weighted by Crippen LogP contribution is -1.89. The molecule has 0 amide bonds. The number of aryl methyl sites for hydroxylation is 3. The standard InChI is InChI=1S/C40H34N4S2.CH4/c1-5-41-29-15-18-34-35(21-29)44-40(43-34)27-11-13-28(14-12-27)42-22-26-10-17-33-37(20-26)46-25(4)39(33)31-8-6-7-30(31)38-24(3)45-36-19-23(2)9-16-32(36)38;/h5,9-22H,6-8H2,1-4H3,(H,43,44);1H4. The summed E-state index contributed by atoms with van der Waals surface area (Å²) in [7, 11) is 0. The molecule has 0 unspecified atom stereocenters. The maximum atomic E-state index is 4.82. The number of aliphatic imine (C=N–C) groups is 2. The Balaban J connectivity index is 0.00000351. The molecule has 0 fully saturated rings. The second-order valence-electron chi connectivity index (χ2n) is 12.1. The van der Waals surface area contributed by atoms with Crippen molar-refractivity contribution in [3.05, 3.63) is 111 Å². The Morgan fingerprint density at radius 3 is 2.09 bits per heavy atom. The number of thiophene rings is 2. The average molecular weight is 651 g/mol. The quantitative estimate of drug-likeness (QED) is 0.179. The predicted octanol–water partition coefficient (Wildman–Crippen LogP) is 12.8. The molecule has 0 aliphatic heterocycles. The Labute approximate surface area is 284 Å². The van der Waals surface area contributed by atoms with Crippen LogP contribution in [0.1, 0.15) is 65.6 Å². The minimum Gasteiger partial charge on any atom is -0.338 e. The van der Waals surface area contributed by atoms with Crippen molar-refractivity contribution in [1.29, 1.82) is 0 Å². The van der Waals surface area contributed by atoms with Crippen molar-refractivity contribution in [3.8, 4) is 11.4 Å². The number of H-pyrrole nitrogens is 1. The van der Waals surface area contributed by atoms with Crippen LogP contribution in [0.25, 0.3) is 53.7 Å². The first kappa shape index (κ1) is 31.0. The molecule has 3 aromatic heterocycles. The molecule has 1 aliphatic rings. The molecule has 47 heavy (non-hydrogen) atoms. The lowest BCUT2D eigenvalue weighted by atomic mass is 9.93. The van der Waals surface area contributed by atoms with Gasteiger partial charge in [-0.15, -0.1) is 22.7 Å². The van der Waals surface area contributed by atoms with Gasteiger partial charge in [-0.1, -0.05) is 31.7 Å². The van der Waals surface area contributed by atoms with Gasteiger partial charge in [0.15, 0.2) is 0 Å². The number of nitrogens with zero attached hydrogens (tertiary/aromatic N) is 3. The van der Waals surface area contributed by atoms with E-state index < -0.39 is 0 Å². The van der Waals surface area contributed by atoms with Gasteiger partial charge in [0.25, 0.3) is 0 Å². The third-order valence-corrected chi connectivity index (χ3v) is 11.1.